The van der Waals surface area contributed by atoms with E-state index in [9.17, 15) is 19.1 Å². The molecule has 1 aliphatic heterocycles. The van der Waals surface area contributed by atoms with Crippen LogP contribution >= 0.6 is 0 Å². The highest BCUT2D eigenvalue weighted by atomic mass is 19.1. The first-order valence-corrected chi connectivity index (χ1v) is 8.70. The molecular formula is C21H21FN2O3. The van der Waals surface area contributed by atoms with E-state index < -0.39 is 17.8 Å². The Kier molecular flexibility index (Phi) is 5.37. The lowest BCUT2D eigenvalue weighted by Gasteiger charge is -2.24. The van der Waals surface area contributed by atoms with Gasteiger partial charge in [0.05, 0.1) is 6.10 Å². The molecular weight excluding hydrogens is 347 g/mol. The Morgan fingerprint density at radius 3 is 2.78 bits per heavy atom. The second-order valence-corrected chi connectivity index (χ2v) is 6.68. The Hall–Kier alpha value is -2.99. The molecule has 2 aromatic rings. The van der Waals surface area contributed by atoms with Crippen LogP contribution in [0.2, 0.25) is 0 Å². The van der Waals surface area contributed by atoms with Crippen molar-refractivity contribution in [2.45, 2.75) is 32.3 Å². The summed E-state index contributed by atoms with van der Waals surface area (Å²) in [6.45, 7) is 3.50. The Bertz CT molecular complexity index is 921. The van der Waals surface area contributed by atoms with Crippen LogP contribution in [0.3, 0.4) is 0 Å². The van der Waals surface area contributed by atoms with Crippen molar-refractivity contribution >= 4 is 17.5 Å². The van der Waals surface area contributed by atoms with Gasteiger partial charge in [0.15, 0.2) is 0 Å². The maximum Gasteiger partial charge on any atom is 0.253 e. The zero-order chi connectivity index (χ0) is 19.6. The van der Waals surface area contributed by atoms with E-state index in [4.69, 9.17) is 0 Å². The number of hydrogen-bond donors (Lipinski definition) is 3. The maximum atomic E-state index is 13.6. The van der Waals surface area contributed by atoms with Gasteiger partial charge in [0.1, 0.15) is 5.82 Å². The molecule has 3 N–H and O–H groups in total. The molecule has 0 fully saturated rings. The third-order valence-corrected chi connectivity index (χ3v) is 4.66. The summed E-state index contributed by atoms with van der Waals surface area (Å²) in [5.74, 6) is -1.56. The van der Waals surface area contributed by atoms with Crippen LogP contribution in [0.15, 0.2) is 54.2 Å². The monoisotopic (exact) mass is 368 g/mol. The summed E-state index contributed by atoms with van der Waals surface area (Å²) < 4.78 is 13.6. The first-order chi connectivity index (χ1) is 12.8. The van der Waals surface area contributed by atoms with Gasteiger partial charge >= 0.3 is 0 Å². The largest absolute Gasteiger partial charge is 0.389 e. The molecule has 140 valence electrons. The first-order valence-electron chi connectivity index (χ1n) is 8.70. The van der Waals surface area contributed by atoms with Crippen LogP contribution in [-0.2, 0) is 9.59 Å². The first kappa shape index (κ1) is 18.8. The molecule has 5 nitrogen and oxygen atoms in total. The summed E-state index contributed by atoms with van der Waals surface area (Å²) >= 11 is 0. The van der Waals surface area contributed by atoms with Gasteiger partial charge in [-0.3, -0.25) is 9.59 Å². The van der Waals surface area contributed by atoms with Crippen molar-refractivity contribution in [3.63, 3.8) is 0 Å². The van der Waals surface area contributed by atoms with Gasteiger partial charge < -0.3 is 15.7 Å². The Morgan fingerprint density at radius 2 is 2.07 bits per heavy atom. The SMILES string of the molecule is Cc1ccc(C(C)O)cc1NC(=O)C1=CNC(=O)CC1c1cccc(F)c1. The summed E-state index contributed by atoms with van der Waals surface area (Å²) in [6, 6.07) is 11.3. The number of nitrogens with one attached hydrogen (secondary N) is 2. The number of hydrogen-bond acceptors (Lipinski definition) is 3. The van der Waals surface area contributed by atoms with Crippen molar-refractivity contribution in [2.75, 3.05) is 5.32 Å². The van der Waals surface area contributed by atoms with Gasteiger partial charge in [-0.05, 0) is 48.7 Å². The molecule has 0 spiro atoms. The predicted octanol–water partition coefficient (Wildman–Crippen LogP) is 3.31. The maximum absolute atomic E-state index is 13.6. The van der Waals surface area contributed by atoms with E-state index in [0.717, 1.165) is 5.56 Å². The van der Waals surface area contributed by atoms with Gasteiger partial charge in [0.25, 0.3) is 5.91 Å². The fraction of sp³-hybridized carbons (Fsp3) is 0.238. The van der Waals surface area contributed by atoms with E-state index >= 15 is 0 Å². The van der Waals surface area contributed by atoms with Crippen molar-refractivity contribution in [1.82, 2.24) is 5.32 Å². The zero-order valence-corrected chi connectivity index (χ0v) is 15.1. The summed E-state index contributed by atoms with van der Waals surface area (Å²) in [5, 5.41) is 15.2. The van der Waals surface area contributed by atoms with Crippen molar-refractivity contribution in [3.05, 3.63) is 76.7 Å². The minimum Gasteiger partial charge on any atom is -0.389 e. The molecule has 2 unspecified atom stereocenters. The Balaban J connectivity index is 1.90. The normalized spacial score (nSPS) is 17.7. The minimum absolute atomic E-state index is 0.0649. The number of benzene rings is 2. The number of anilines is 1. The Labute approximate surface area is 156 Å². The molecule has 0 aromatic heterocycles. The van der Waals surface area contributed by atoms with E-state index in [1.54, 1.807) is 31.2 Å². The van der Waals surface area contributed by atoms with Crippen molar-refractivity contribution < 1.29 is 19.1 Å². The highest BCUT2D eigenvalue weighted by Gasteiger charge is 2.29. The van der Waals surface area contributed by atoms with Crippen molar-refractivity contribution in [3.8, 4) is 0 Å². The van der Waals surface area contributed by atoms with Crippen LogP contribution in [-0.4, -0.2) is 16.9 Å². The number of amides is 2. The predicted molar refractivity (Wildman–Crippen MR) is 100 cm³/mol. The van der Waals surface area contributed by atoms with Gasteiger partial charge in [-0.15, -0.1) is 0 Å². The summed E-state index contributed by atoms with van der Waals surface area (Å²) in [4.78, 5) is 24.7. The molecule has 1 heterocycles. The lowest BCUT2D eigenvalue weighted by Crippen LogP contribution is -2.32. The molecule has 0 radical (unpaired) electrons. The van der Waals surface area contributed by atoms with Gasteiger partial charge in [-0.25, -0.2) is 4.39 Å². The van der Waals surface area contributed by atoms with E-state index in [1.165, 1.54) is 18.3 Å². The number of rotatable bonds is 4. The molecule has 2 atom stereocenters. The molecule has 27 heavy (non-hydrogen) atoms. The highest BCUT2D eigenvalue weighted by Crippen LogP contribution is 2.32. The molecule has 2 amide bonds. The number of halogens is 1. The quantitative estimate of drug-likeness (QED) is 0.775. The third-order valence-electron chi connectivity index (χ3n) is 4.66. The van der Waals surface area contributed by atoms with Crippen LogP contribution in [0, 0.1) is 12.7 Å². The van der Waals surface area contributed by atoms with E-state index in [-0.39, 0.29) is 18.2 Å². The van der Waals surface area contributed by atoms with Crippen LogP contribution in [0.4, 0.5) is 10.1 Å². The second-order valence-electron chi connectivity index (χ2n) is 6.68. The van der Waals surface area contributed by atoms with Gasteiger partial charge in [0.2, 0.25) is 5.91 Å². The molecule has 6 heteroatoms. The lowest BCUT2D eigenvalue weighted by molar-refractivity contribution is -0.121. The molecule has 0 saturated carbocycles. The average Bonchev–Trinajstić information content (AvgIpc) is 2.63. The van der Waals surface area contributed by atoms with Crippen LogP contribution in [0.25, 0.3) is 0 Å². The number of aliphatic hydroxyl groups excluding tert-OH is 1. The molecule has 0 saturated heterocycles. The van der Waals surface area contributed by atoms with Crippen LogP contribution < -0.4 is 10.6 Å². The summed E-state index contributed by atoms with van der Waals surface area (Å²) in [6.07, 6.45) is 0.787. The average molecular weight is 368 g/mol. The minimum atomic E-state index is -0.658. The molecule has 3 rings (SSSR count). The van der Waals surface area contributed by atoms with Gasteiger partial charge in [0, 0.05) is 29.8 Å². The standard InChI is InChI=1S/C21H21FN2O3/c1-12-6-7-14(13(2)25)9-19(12)24-21(27)18-11-23-20(26)10-17(18)15-4-3-5-16(22)8-15/h3-9,11,13,17,25H,10H2,1-2H3,(H,23,26)(H,24,27). The van der Waals surface area contributed by atoms with E-state index in [1.807, 2.05) is 13.0 Å². The van der Waals surface area contributed by atoms with E-state index in [2.05, 4.69) is 10.6 Å². The number of aryl methyl sites for hydroxylation is 1. The Morgan fingerprint density at radius 1 is 1.30 bits per heavy atom. The highest BCUT2D eigenvalue weighted by molar-refractivity contribution is 6.06. The molecule has 2 aromatic carbocycles. The third kappa shape index (κ3) is 4.23. The van der Waals surface area contributed by atoms with Gasteiger partial charge in [-0.2, -0.15) is 0 Å². The van der Waals surface area contributed by atoms with E-state index in [0.29, 0.717) is 22.4 Å². The fourth-order valence-corrected chi connectivity index (χ4v) is 3.09. The topological polar surface area (TPSA) is 78.4 Å². The number of aliphatic hydroxyl groups is 1. The summed E-state index contributed by atoms with van der Waals surface area (Å²) in [7, 11) is 0. The molecule has 0 bridgehead atoms. The lowest BCUT2D eigenvalue weighted by atomic mass is 9.86. The molecule has 0 aliphatic carbocycles. The van der Waals surface area contributed by atoms with Crippen molar-refractivity contribution in [1.29, 1.82) is 0 Å². The van der Waals surface area contributed by atoms with Gasteiger partial charge in [-0.1, -0.05) is 24.3 Å². The van der Waals surface area contributed by atoms with Crippen LogP contribution in [0.1, 0.15) is 42.1 Å². The number of carbonyl (C=O) groups excluding carboxylic acids is 2. The number of carbonyl (C=O) groups is 2. The van der Waals surface area contributed by atoms with Crippen LogP contribution in [0.5, 0.6) is 0 Å². The smallest absolute Gasteiger partial charge is 0.253 e. The zero-order valence-electron chi connectivity index (χ0n) is 15.1. The fourth-order valence-electron chi connectivity index (χ4n) is 3.09. The summed E-state index contributed by atoms with van der Waals surface area (Å²) in [5.41, 5.74) is 3.02. The van der Waals surface area contributed by atoms with Crippen molar-refractivity contribution in [2.24, 2.45) is 0 Å². The second kappa shape index (κ2) is 7.72. The molecule has 1 aliphatic rings.